The van der Waals surface area contributed by atoms with E-state index < -0.39 is 11.7 Å². The van der Waals surface area contributed by atoms with Crippen molar-refractivity contribution in [3.8, 4) is 5.75 Å². The van der Waals surface area contributed by atoms with Crippen molar-refractivity contribution >= 4 is 34.9 Å². The molecular formula is C22H18Cl2FN5O2. The third kappa shape index (κ3) is 5.09. The number of carbonyl (C=O) groups is 1. The molecule has 0 saturated heterocycles. The Hall–Kier alpha value is -3.36. The summed E-state index contributed by atoms with van der Waals surface area (Å²) in [6.07, 6.45) is 3.24. The van der Waals surface area contributed by atoms with Crippen molar-refractivity contribution in [1.82, 2.24) is 19.6 Å². The summed E-state index contributed by atoms with van der Waals surface area (Å²) in [7, 11) is 0. The number of hydrogen-bond donors (Lipinski definition) is 1. The van der Waals surface area contributed by atoms with Gasteiger partial charge in [-0.2, -0.15) is 10.2 Å². The molecule has 2 heterocycles. The zero-order chi connectivity index (χ0) is 22.7. The van der Waals surface area contributed by atoms with Crippen molar-refractivity contribution in [2.45, 2.75) is 20.2 Å². The Morgan fingerprint density at radius 3 is 2.69 bits per heavy atom. The molecule has 4 aromatic rings. The topological polar surface area (TPSA) is 74.0 Å². The van der Waals surface area contributed by atoms with Crippen molar-refractivity contribution < 1.29 is 13.9 Å². The number of halogens is 3. The molecule has 10 heteroatoms. The number of ether oxygens (including phenoxy) is 1. The molecule has 7 nitrogen and oxygen atoms in total. The molecule has 2 aromatic heterocycles. The highest BCUT2D eigenvalue weighted by Gasteiger charge is 2.13. The van der Waals surface area contributed by atoms with Gasteiger partial charge in [-0.25, -0.2) is 9.07 Å². The maximum Gasteiger partial charge on any atom is 0.277 e. The second-order valence-corrected chi connectivity index (χ2v) is 7.82. The first kappa shape index (κ1) is 21.9. The van der Waals surface area contributed by atoms with Gasteiger partial charge in [0.05, 0.1) is 11.6 Å². The van der Waals surface area contributed by atoms with Crippen LogP contribution in [-0.4, -0.2) is 25.5 Å². The zero-order valence-electron chi connectivity index (χ0n) is 16.9. The molecule has 0 fully saturated rings. The van der Waals surface area contributed by atoms with Crippen molar-refractivity contribution in [2.75, 3.05) is 5.32 Å². The van der Waals surface area contributed by atoms with E-state index in [1.54, 1.807) is 36.7 Å². The number of aryl methyl sites for hydroxylation is 1. The van der Waals surface area contributed by atoms with Crippen molar-refractivity contribution in [1.29, 1.82) is 0 Å². The molecule has 0 saturated carbocycles. The Labute approximate surface area is 193 Å². The van der Waals surface area contributed by atoms with Crippen LogP contribution in [0.1, 0.15) is 21.6 Å². The molecule has 0 unspecified atom stereocenters. The lowest BCUT2D eigenvalue weighted by Crippen LogP contribution is -2.15. The molecular weight excluding hydrogens is 456 g/mol. The van der Waals surface area contributed by atoms with Crippen LogP contribution in [0.3, 0.4) is 0 Å². The Morgan fingerprint density at radius 1 is 1.06 bits per heavy atom. The number of anilines is 1. The molecule has 164 valence electrons. The molecule has 2 aromatic carbocycles. The van der Waals surface area contributed by atoms with E-state index in [1.165, 1.54) is 21.5 Å². The molecule has 1 N–H and O–H groups in total. The fourth-order valence-electron chi connectivity index (χ4n) is 2.95. The van der Waals surface area contributed by atoms with E-state index in [4.69, 9.17) is 27.9 Å². The fourth-order valence-corrected chi connectivity index (χ4v) is 3.35. The Bertz CT molecular complexity index is 1250. The number of aromatic nitrogens is 4. The van der Waals surface area contributed by atoms with E-state index in [9.17, 15) is 9.18 Å². The van der Waals surface area contributed by atoms with Gasteiger partial charge in [-0.05, 0) is 42.8 Å². The van der Waals surface area contributed by atoms with Crippen LogP contribution in [-0.2, 0) is 13.3 Å². The van der Waals surface area contributed by atoms with Gasteiger partial charge in [0, 0.05) is 29.0 Å². The predicted octanol–water partition coefficient (Wildman–Crippen LogP) is 5.17. The maximum absolute atomic E-state index is 14.0. The SMILES string of the molecule is Cc1ccc(Cl)c(OCn2ccc(C(=O)Nc3ccn(Cc4c(F)cccc4Cl)n3)n2)c1. The lowest BCUT2D eigenvalue weighted by atomic mass is 10.2. The van der Waals surface area contributed by atoms with E-state index in [-0.39, 0.29) is 19.0 Å². The Balaban J connectivity index is 1.37. The van der Waals surface area contributed by atoms with Gasteiger partial charge in [0.15, 0.2) is 18.2 Å². The number of amides is 1. The Morgan fingerprint density at radius 2 is 1.88 bits per heavy atom. The fraction of sp³-hybridized carbons (Fsp3) is 0.136. The number of rotatable bonds is 7. The minimum atomic E-state index is -0.438. The van der Waals surface area contributed by atoms with Gasteiger partial charge in [0.25, 0.3) is 5.91 Å². The van der Waals surface area contributed by atoms with Gasteiger partial charge in [-0.15, -0.1) is 0 Å². The van der Waals surface area contributed by atoms with Crippen molar-refractivity contribution in [3.63, 3.8) is 0 Å². The molecule has 32 heavy (non-hydrogen) atoms. The lowest BCUT2D eigenvalue weighted by molar-refractivity contribution is 0.101. The van der Waals surface area contributed by atoms with Crippen LogP contribution in [0.4, 0.5) is 10.2 Å². The maximum atomic E-state index is 14.0. The molecule has 0 bridgehead atoms. The van der Waals surface area contributed by atoms with E-state index in [0.29, 0.717) is 27.2 Å². The summed E-state index contributed by atoms with van der Waals surface area (Å²) in [5.74, 6) is -0.0155. The molecule has 4 rings (SSSR count). The summed E-state index contributed by atoms with van der Waals surface area (Å²) in [5.41, 5.74) is 1.53. The first-order chi connectivity index (χ1) is 15.4. The number of nitrogens with one attached hydrogen (secondary N) is 1. The second kappa shape index (κ2) is 9.42. The van der Waals surface area contributed by atoms with Gasteiger partial charge in [0.2, 0.25) is 0 Å². The number of benzene rings is 2. The zero-order valence-corrected chi connectivity index (χ0v) is 18.4. The standard InChI is InChI=1S/C22H18Cl2FN5O2/c1-14-5-6-17(24)20(11-14)32-13-30-9-7-19(27-30)22(31)26-21-8-10-29(28-21)12-15-16(23)3-2-4-18(15)25/h2-11H,12-13H2,1H3,(H,26,28,31). The van der Waals surface area contributed by atoms with Gasteiger partial charge < -0.3 is 10.1 Å². The highest BCUT2D eigenvalue weighted by molar-refractivity contribution is 6.32. The predicted molar refractivity (Wildman–Crippen MR) is 120 cm³/mol. The quantitative estimate of drug-likeness (QED) is 0.401. The number of hydrogen-bond acceptors (Lipinski definition) is 4. The van der Waals surface area contributed by atoms with Crippen LogP contribution in [0.5, 0.6) is 5.75 Å². The summed E-state index contributed by atoms with van der Waals surface area (Å²) in [5, 5.41) is 11.9. The summed E-state index contributed by atoms with van der Waals surface area (Å²) >= 11 is 12.2. The molecule has 0 aliphatic heterocycles. The third-order valence-corrected chi connectivity index (χ3v) is 5.24. The van der Waals surface area contributed by atoms with Crippen molar-refractivity contribution in [3.05, 3.63) is 93.6 Å². The number of carbonyl (C=O) groups excluding carboxylic acids is 1. The molecule has 0 atom stereocenters. The average molecular weight is 474 g/mol. The van der Waals surface area contributed by atoms with E-state index in [1.807, 2.05) is 19.1 Å². The van der Waals surface area contributed by atoms with E-state index in [2.05, 4.69) is 15.5 Å². The summed E-state index contributed by atoms with van der Waals surface area (Å²) in [6.45, 7) is 2.16. The Kier molecular flexibility index (Phi) is 6.43. The summed E-state index contributed by atoms with van der Waals surface area (Å²) < 4.78 is 22.6. The largest absolute Gasteiger partial charge is 0.470 e. The third-order valence-electron chi connectivity index (χ3n) is 4.58. The van der Waals surface area contributed by atoms with Gasteiger partial charge in [-0.3, -0.25) is 9.48 Å². The smallest absolute Gasteiger partial charge is 0.277 e. The van der Waals surface area contributed by atoms with Crippen LogP contribution in [0.25, 0.3) is 0 Å². The highest BCUT2D eigenvalue weighted by Crippen LogP contribution is 2.25. The second-order valence-electron chi connectivity index (χ2n) is 7.00. The van der Waals surface area contributed by atoms with Gasteiger partial charge in [-0.1, -0.05) is 35.3 Å². The highest BCUT2D eigenvalue weighted by atomic mass is 35.5. The van der Waals surface area contributed by atoms with Gasteiger partial charge in [0.1, 0.15) is 11.6 Å². The summed E-state index contributed by atoms with van der Waals surface area (Å²) in [6, 6.07) is 13.1. The molecule has 0 aliphatic rings. The monoisotopic (exact) mass is 473 g/mol. The number of nitrogens with zero attached hydrogens (tertiary/aromatic N) is 4. The lowest BCUT2D eigenvalue weighted by Gasteiger charge is -2.08. The molecule has 0 aliphatic carbocycles. The normalized spacial score (nSPS) is 10.9. The van der Waals surface area contributed by atoms with E-state index in [0.717, 1.165) is 5.56 Å². The first-order valence-corrected chi connectivity index (χ1v) is 10.3. The van der Waals surface area contributed by atoms with E-state index >= 15 is 0 Å². The molecule has 0 radical (unpaired) electrons. The van der Waals surface area contributed by atoms with Crippen LogP contribution in [0, 0.1) is 12.7 Å². The first-order valence-electron chi connectivity index (χ1n) is 9.59. The minimum absolute atomic E-state index is 0.0917. The molecule has 1 amide bonds. The van der Waals surface area contributed by atoms with Crippen molar-refractivity contribution in [2.24, 2.45) is 0 Å². The molecule has 0 spiro atoms. The average Bonchev–Trinajstić information content (AvgIpc) is 3.41. The van der Waals surface area contributed by atoms with Crippen LogP contribution in [0.15, 0.2) is 60.9 Å². The van der Waals surface area contributed by atoms with Crippen LogP contribution in [0.2, 0.25) is 10.0 Å². The van der Waals surface area contributed by atoms with Gasteiger partial charge >= 0.3 is 0 Å². The minimum Gasteiger partial charge on any atom is -0.470 e. The van der Waals surface area contributed by atoms with Crippen LogP contribution < -0.4 is 10.1 Å². The summed E-state index contributed by atoms with van der Waals surface area (Å²) in [4.78, 5) is 12.5. The van der Waals surface area contributed by atoms with Crippen LogP contribution >= 0.6 is 23.2 Å².